The molecule has 2 heteroatoms. The topological polar surface area (TPSA) is 23.5 Å². The van der Waals surface area contributed by atoms with Crippen LogP contribution in [0.2, 0.25) is 0 Å². The standard InChI is InChI=1S/C12H23NO/c1-2-10-4-3-5-11(8-10)13-7-6-12(14)9-13/h10-12,14H,2-9H2,1H3/t10?,11?,12-/m1/s1. The van der Waals surface area contributed by atoms with Crippen LogP contribution >= 0.6 is 0 Å². The van der Waals surface area contributed by atoms with Crippen LogP contribution in [-0.2, 0) is 0 Å². The van der Waals surface area contributed by atoms with Crippen molar-refractivity contribution in [1.82, 2.24) is 4.90 Å². The molecule has 1 heterocycles. The van der Waals surface area contributed by atoms with Crippen molar-refractivity contribution >= 4 is 0 Å². The highest BCUT2D eigenvalue weighted by Gasteiger charge is 2.30. The van der Waals surface area contributed by atoms with Crippen molar-refractivity contribution in [3.05, 3.63) is 0 Å². The second-order valence-electron chi connectivity index (χ2n) is 5.03. The van der Waals surface area contributed by atoms with Crippen molar-refractivity contribution in [3.63, 3.8) is 0 Å². The fourth-order valence-electron chi connectivity index (χ4n) is 3.06. The zero-order valence-corrected chi connectivity index (χ0v) is 9.28. The summed E-state index contributed by atoms with van der Waals surface area (Å²) in [5.74, 6) is 0.950. The van der Waals surface area contributed by atoms with Gasteiger partial charge < -0.3 is 5.11 Å². The molecule has 2 nitrogen and oxygen atoms in total. The molecule has 1 N–H and O–H groups in total. The third-order valence-electron chi connectivity index (χ3n) is 4.04. The quantitative estimate of drug-likeness (QED) is 0.732. The molecule has 0 radical (unpaired) electrons. The van der Waals surface area contributed by atoms with E-state index in [2.05, 4.69) is 11.8 Å². The van der Waals surface area contributed by atoms with Gasteiger partial charge >= 0.3 is 0 Å². The Morgan fingerprint density at radius 1 is 1.29 bits per heavy atom. The summed E-state index contributed by atoms with van der Waals surface area (Å²) in [7, 11) is 0. The molecule has 14 heavy (non-hydrogen) atoms. The Bertz CT molecular complexity index is 183. The lowest BCUT2D eigenvalue weighted by Gasteiger charge is -2.34. The molecule has 1 saturated heterocycles. The molecular formula is C12H23NO. The summed E-state index contributed by atoms with van der Waals surface area (Å²) in [4.78, 5) is 2.52. The largest absolute Gasteiger partial charge is 0.392 e. The van der Waals surface area contributed by atoms with Crippen molar-refractivity contribution in [2.45, 2.75) is 57.6 Å². The average molecular weight is 197 g/mol. The van der Waals surface area contributed by atoms with Gasteiger partial charge in [0, 0.05) is 19.1 Å². The van der Waals surface area contributed by atoms with E-state index < -0.39 is 0 Å². The van der Waals surface area contributed by atoms with Crippen molar-refractivity contribution in [1.29, 1.82) is 0 Å². The van der Waals surface area contributed by atoms with Gasteiger partial charge in [0.2, 0.25) is 0 Å². The molecule has 0 amide bonds. The van der Waals surface area contributed by atoms with Crippen molar-refractivity contribution in [2.24, 2.45) is 5.92 Å². The van der Waals surface area contributed by atoms with E-state index in [9.17, 15) is 5.11 Å². The predicted octanol–water partition coefficient (Wildman–Crippen LogP) is 2.02. The number of β-amino-alcohol motifs (C(OH)–C–C–N with tert-alkyl or cyclic N) is 1. The molecule has 0 aromatic rings. The summed E-state index contributed by atoms with van der Waals surface area (Å²) >= 11 is 0. The molecule has 1 aliphatic heterocycles. The summed E-state index contributed by atoms with van der Waals surface area (Å²) in [6, 6.07) is 0.783. The maximum Gasteiger partial charge on any atom is 0.0679 e. The van der Waals surface area contributed by atoms with E-state index in [-0.39, 0.29) is 6.10 Å². The first-order valence-electron chi connectivity index (χ1n) is 6.21. The molecule has 0 spiro atoms. The summed E-state index contributed by atoms with van der Waals surface area (Å²) in [5.41, 5.74) is 0. The first-order valence-corrected chi connectivity index (χ1v) is 6.21. The first-order chi connectivity index (χ1) is 6.79. The Kier molecular flexibility index (Phi) is 3.45. The summed E-state index contributed by atoms with van der Waals surface area (Å²) < 4.78 is 0. The number of aliphatic hydroxyl groups excluding tert-OH is 1. The van der Waals surface area contributed by atoms with Crippen LogP contribution in [0.1, 0.15) is 45.4 Å². The van der Waals surface area contributed by atoms with Gasteiger partial charge in [-0.25, -0.2) is 0 Å². The average Bonchev–Trinajstić information content (AvgIpc) is 2.65. The van der Waals surface area contributed by atoms with Crippen LogP contribution in [0.25, 0.3) is 0 Å². The third-order valence-corrected chi connectivity index (χ3v) is 4.04. The molecule has 2 unspecified atom stereocenters. The van der Waals surface area contributed by atoms with Crippen LogP contribution in [0.5, 0.6) is 0 Å². The Balaban J connectivity index is 1.84. The number of rotatable bonds is 2. The summed E-state index contributed by atoms with van der Waals surface area (Å²) in [6.45, 7) is 4.37. The molecule has 1 saturated carbocycles. The van der Waals surface area contributed by atoms with Crippen LogP contribution < -0.4 is 0 Å². The van der Waals surface area contributed by atoms with Crippen LogP contribution in [0.3, 0.4) is 0 Å². The molecule has 0 aromatic heterocycles. The zero-order chi connectivity index (χ0) is 9.97. The van der Waals surface area contributed by atoms with E-state index in [4.69, 9.17) is 0 Å². The molecule has 82 valence electrons. The highest BCUT2D eigenvalue weighted by atomic mass is 16.3. The minimum Gasteiger partial charge on any atom is -0.392 e. The number of nitrogens with zero attached hydrogens (tertiary/aromatic N) is 1. The number of likely N-dealkylation sites (tertiary alicyclic amines) is 1. The van der Waals surface area contributed by atoms with E-state index >= 15 is 0 Å². The van der Waals surface area contributed by atoms with Crippen molar-refractivity contribution < 1.29 is 5.11 Å². The second-order valence-corrected chi connectivity index (χ2v) is 5.03. The first kappa shape index (κ1) is 10.4. The molecule has 2 aliphatic rings. The van der Waals surface area contributed by atoms with Crippen LogP contribution in [0, 0.1) is 5.92 Å². The van der Waals surface area contributed by atoms with Gasteiger partial charge in [-0.2, -0.15) is 0 Å². The van der Waals surface area contributed by atoms with Gasteiger partial charge in [-0.3, -0.25) is 4.90 Å². The maximum atomic E-state index is 9.51. The molecule has 2 rings (SSSR count). The van der Waals surface area contributed by atoms with Crippen LogP contribution in [-0.4, -0.2) is 35.2 Å². The van der Waals surface area contributed by atoms with E-state index in [0.717, 1.165) is 31.5 Å². The van der Waals surface area contributed by atoms with Crippen molar-refractivity contribution in [3.8, 4) is 0 Å². The Labute approximate surface area is 87.3 Å². The van der Waals surface area contributed by atoms with Crippen molar-refractivity contribution in [2.75, 3.05) is 13.1 Å². The van der Waals surface area contributed by atoms with E-state index in [1.807, 2.05) is 0 Å². The summed E-state index contributed by atoms with van der Waals surface area (Å²) in [6.07, 6.45) is 7.86. The maximum absolute atomic E-state index is 9.51. The molecule has 2 fully saturated rings. The lowest BCUT2D eigenvalue weighted by molar-refractivity contribution is 0.125. The highest BCUT2D eigenvalue weighted by Crippen LogP contribution is 2.31. The van der Waals surface area contributed by atoms with Crippen LogP contribution in [0.15, 0.2) is 0 Å². The predicted molar refractivity (Wildman–Crippen MR) is 58.2 cm³/mol. The molecule has 0 aromatic carbocycles. The smallest absolute Gasteiger partial charge is 0.0679 e. The van der Waals surface area contributed by atoms with Gasteiger partial charge in [-0.1, -0.05) is 26.2 Å². The molecular weight excluding hydrogens is 174 g/mol. The SMILES string of the molecule is CCC1CCCC(N2CC[C@@H](O)C2)C1. The van der Waals surface area contributed by atoms with Gasteiger partial charge in [0.15, 0.2) is 0 Å². The Hall–Kier alpha value is -0.0800. The molecule has 0 bridgehead atoms. The highest BCUT2D eigenvalue weighted by molar-refractivity contribution is 4.85. The third kappa shape index (κ3) is 2.29. The minimum atomic E-state index is -0.0444. The normalized spacial score (nSPS) is 40.3. The zero-order valence-electron chi connectivity index (χ0n) is 9.28. The fourth-order valence-corrected chi connectivity index (χ4v) is 3.06. The Morgan fingerprint density at radius 3 is 2.79 bits per heavy atom. The lowest BCUT2D eigenvalue weighted by Crippen LogP contribution is -2.37. The van der Waals surface area contributed by atoms with E-state index in [0.29, 0.717) is 0 Å². The molecule has 1 aliphatic carbocycles. The monoisotopic (exact) mass is 197 g/mol. The van der Waals surface area contributed by atoms with Gasteiger partial charge in [0.05, 0.1) is 6.10 Å². The van der Waals surface area contributed by atoms with Gasteiger partial charge in [0.1, 0.15) is 0 Å². The molecule has 3 atom stereocenters. The van der Waals surface area contributed by atoms with Gasteiger partial charge in [-0.15, -0.1) is 0 Å². The summed E-state index contributed by atoms with van der Waals surface area (Å²) in [5, 5.41) is 9.51. The van der Waals surface area contributed by atoms with Gasteiger partial charge in [0.25, 0.3) is 0 Å². The number of aliphatic hydroxyl groups is 1. The number of hydrogen-bond donors (Lipinski definition) is 1. The second kappa shape index (κ2) is 4.63. The van der Waals surface area contributed by atoms with E-state index in [1.54, 1.807) is 0 Å². The number of hydrogen-bond acceptors (Lipinski definition) is 2. The lowest BCUT2D eigenvalue weighted by atomic mass is 9.83. The Morgan fingerprint density at radius 2 is 2.14 bits per heavy atom. The van der Waals surface area contributed by atoms with Crippen LogP contribution in [0.4, 0.5) is 0 Å². The minimum absolute atomic E-state index is 0.0444. The van der Waals surface area contributed by atoms with E-state index in [1.165, 1.54) is 32.1 Å². The fraction of sp³-hybridized carbons (Fsp3) is 1.00. The van der Waals surface area contributed by atoms with Gasteiger partial charge in [-0.05, 0) is 25.2 Å².